The number of halogens is 2. The van der Waals surface area contributed by atoms with E-state index < -0.39 is 15.9 Å². The van der Waals surface area contributed by atoms with Gasteiger partial charge in [-0.2, -0.15) is 0 Å². The Balaban J connectivity index is 2.04. The van der Waals surface area contributed by atoms with Crippen molar-refractivity contribution < 1.29 is 13.2 Å². The lowest BCUT2D eigenvalue weighted by atomic mass is 10.2. The highest BCUT2D eigenvalue weighted by Gasteiger charge is 2.19. The maximum Gasteiger partial charge on any atom is 0.252 e. The van der Waals surface area contributed by atoms with Crippen LogP contribution in [0, 0.1) is 0 Å². The molecule has 7 nitrogen and oxygen atoms in total. The molecule has 10 heteroatoms. The first-order valence-corrected chi connectivity index (χ1v) is 8.85. The average molecular weight is 377 g/mol. The van der Waals surface area contributed by atoms with Crippen LogP contribution < -0.4 is 10.5 Å². The number of nitrogens with zero attached hydrogens (tertiary/aromatic N) is 2. The topological polar surface area (TPSA) is 107 Å². The van der Waals surface area contributed by atoms with Gasteiger partial charge in [-0.3, -0.25) is 4.79 Å². The molecule has 1 aromatic heterocycles. The quantitative estimate of drug-likeness (QED) is 0.747. The summed E-state index contributed by atoms with van der Waals surface area (Å²) >= 11 is 11.7. The van der Waals surface area contributed by atoms with Crippen LogP contribution in [0.25, 0.3) is 0 Å². The van der Waals surface area contributed by atoms with Crippen LogP contribution in [0.1, 0.15) is 16.8 Å². The van der Waals surface area contributed by atoms with E-state index >= 15 is 0 Å². The third-order valence-electron chi connectivity index (χ3n) is 3.01. The number of sulfonamides is 1. The van der Waals surface area contributed by atoms with Crippen LogP contribution in [0.3, 0.4) is 0 Å². The van der Waals surface area contributed by atoms with Crippen LogP contribution >= 0.6 is 23.2 Å². The Morgan fingerprint density at radius 1 is 1.30 bits per heavy atom. The fourth-order valence-electron chi connectivity index (χ4n) is 1.90. The molecule has 23 heavy (non-hydrogen) atoms. The van der Waals surface area contributed by atoms with Crippen molar-refractivity contribution in [2.45, 2.75) is 17.9 Å². The minimum absolute atomic E-state index is 0.00252. The van der Waals surface area contributed by atoms with Crippen molar-refractivity contribution in [2.75, 3.05) is 6.54 Å². The summed E-state index contributed by atoms with van der Waals surface area (Å²) in [6.07, 6.45) is 5.84. The first kappa shape index (κ1) is 17.7. The molecule has 0 saturated heterocycles. The number of aryl methyl sites for hydroxylation is 1. The van der Waals surface area contributed by atoms with Gasteiger partial charge < -0.3 is 9.88 Å². The van der Waals surface area contributed by atoms with E-state index in [2.05, 4.69) is 10.3 Å². The predicted octanol–water partition coefficient (Wildman–Crippen LogP) is 1.66. The first-order valence-electron chi connectivity index (χ1n) is 6.55. The minimum atomic E-state index is -4.04. The predicted molar refractivity (Wildman–Crippen MR) is 87.0 cm³/mol. The Morgan fingerprint density at radius 3 is 2.65 bits per heavy atom. The van der Waals surface area contributed by atoms with Gasteiger partial charge in [0.1, 0.15) is 4.90 Å². The van der Waals surface area contributed by atoms with Crippen LogP contribution in [0.5, 0.6) is 0 Å². The highest BCUT2D eigenvalue weighted by Crippen LogP contribution is 2.27. The van der Waals surface area contributed by atoms with Crippen molar-refractivity contribution in [1.82, 2.24) is 14.9 Å². The number of hydrogen-bond acceptors (Lipinski definition) is 4. The Hall–Kier alpha value is -1.61. The molecule has 0 bridgehead atoms. The number of carbonyl (C=O) groups is 1. The van der Waals surface area contributed by atoms with Crippen LogP contribution in [-0.2, 0) is 16.6 Å². The number of rotatable bonds is 6. The van der Waals surface area contributed by atoms with E-state index in [0.717, 1.165) is 6.07 Å². The van der Waals surface area contributed by atoms with Crippen molar-refractivity contribution in [2.24, 2.45) is 5.14 Å². The van der Waals surface area contributed by atoms with E-state index in [-0.39, 0.29) is 20.5 Å². The van der Waals surface area contributed by atoms with Gasteiger partial charge in [0.2, 0.25) is 10.0 Å². The van der Waals surface area contributed by atoms with Crippen molar-refractivity contribution in [1.29, 1.82) is 0 Å². The Bertz CT molecular complexity index is 807. The summed E-state index contributed by atoms with van der Waals surface area (Å²) < 4.78 is 24.8. The lowest BCUT2D eigenvalue weighted by Gasteiger charge is -2.10. The molecule has 0 aliphatic rings. The van der Waals surface area contributed by atoms with Crippen molar-refractivity contribution in [3.63, 3.8) is 0 Å². The Labute approximate surface area is 143 Å². The van der Waals surface area contributed by atoms with E-state index in [0.29, 0.717) is 19.5 Å². The number of hydrogen-bond donors (Lipinski definition) is 2. The molecule has 0 atom stereocenters. The summed E-state index contributed by atoms with van der Waals surface area (Å²) in [5.41, 5.74) is 0.00252. The SMILES string of the molecule is NS(=O)(=O)c1cc(C(=O)NCCCn2ccnc2)c(Cl)cc1Cl. The number of carbonyl (C=O) groups excluding carboxylic acids is 1. The normalized spacial score (nSPS) is 11.4. The molecule has 0 spiro atoms. The third-order valence-corrected chi connectivity index (χ3v) is 4.70. The molecule has 2 aromatic rings. The second kappa shape index (κ2) is 7.31. The zero-order valence-electron chi connectivity index (χ0n) is 11.9. The van der Waals surface area contributed by atoms with Gasteiger partial charge in [0.25, 0.3) is 5.91 Å². The van der Waals surface area contributed by atoms with Crippen LogP contribution in [0.2, 0.25) is 10.0 Å². The second-order valence-electron chi connectivity index (χ2n) is 4.72. The molecule has 0 unspecified atom stereocenters. The fourth-order valence-corrected chi connectivity index (χ4v) is 3.30. The zero-order chi connectivity index (χ0) is 17.0. The van der Waals surface area contributed by atoms with Crippen LogP contribution in [0.4, 0.5) is 0 Å². The molecule has 2 rings (SSSR count). The van der Waals surface area contributed by atoms with E-state index in [9.17, 15) is 13.2 Å². The van der Waals surface area contributed by atoms with Gasteiger partial charge in [0.05, 0.1) is 21.9 Å². The van der Waals surface area contributed by atoms with Gasteiger partial charge in [-0.25, -0.2) is 18.5 Å². The molecule has 124 valence electrons. The van der Waals surface area contributed by atoms with E-state index in [1.165, 1.54) is 6.07 Å². The van der Waals surface area contributed by atoms with Gasteiger partial charge in [-0.15, -0.1) is 0 Å². The summed E-state index contributed by atoms with van der Waals surface area (Å²) in [4.78, 5) is 15.7. The Morgan fingerprint density at radius 2 is 2.04 bits per heavy atom. The number of imidazole rings is 1. The molecule has 1 amide bonds. The second-order valence-corrected chi connectivity index (χ2v) is 7.06. The lowest BCUT2D eigenvalue weighted by molar-refractivity contribution is 0.0952. The smallest absolute Gasteiger partial charge is 0.252 e. The van der Waals surface area contributed by atoms with E-state index in [4.69, 9.17) is 28.3 Å². The van der Waals surface area contributed by atoms with E-state index in [1.54, 1.807) is 12.5 Å². The number of nitrogens with two attached hydrogens (primary N) is 1. The van der Waals surface area contributed by atoms with Crippen molar-refractivity contribution in [3.05, 3.63) is 46.5 Å². The number of benzene rings is 1. The van der Waals surface area contributed by atoms with Gasteiger partial charge in [0.15, 0.2) is 0 Å². The van der Waals surface area contributed by atoms with Crippen molar-refractivity contribution in [3.8, 4) is 0 Å². The maximum atomic E-state index is 12.1. The molecule has 1 heterocycles. The fraction of sp³-hybridized carbons (Fsp3) is 0.231. The molecular formula is C13H14Cl2N4O3S. The summed E-state index contributed by atoms with van der Waals surface area (Å²) in [5, 5.41) is 7.64. The standard InChI is InChI=1S/C13H14Cl2N4O3S/c14-10-7-11(15)12(23(16,21)22)6-9(10)13(20)18-2-1-4-19-5-3-17-8-19/h3,5-8H,1-2,4H2,(H,18,20)(H2,16,21,22). The maximum absolute atomic E-state index is 12.1. The molecular weight excluding hydrogens is 363 g/mol. The van der Waals surface area contributed by atoms with Gasteiger partial charge in [-0.1, -0.05) is 23.2 Å². The number of amides is 1. The molecule has 0 saturated carbocycles. The highest BCUT2D eigenvalue weighted by atomic mass is 35.5. The molecule has 3 N–H and O–H groups in total. The van der Waals surface area contributed by atoms with Crippen LogP contribution in [0.15, 0.2) is 35.7 Å². The molecule has 0 aliphatic heterocycles. The Kier molecular flexibility index (Phi) is 5.64. The minimum Gasteiger partial charge on any atom is -0.352 e. The summed E-state index contributed by atoms with van der Waals surface area (Å²) in [6, 6.07) is 2.26. The van der Waals surface area contributed by atoms with Gasteiger partial charge in [0, 0.05) is 25.5 Å². The number of nitrogens with one attached hydrogen (secondary N) is 1. The summed E-state index contributed by atoms with van der Waals surface area (Å²) in [5.74, 6) is -0.498. The lowest BCUT2D eigenvalue weighted by Crippen LogP contribution is -2.26. The number of aromatic nitrogens is 2. The molecule has 0 radical (unpaired) electrons. The first-order chi connectivity index (χ1) is 10.8. The van der Waals surface area contributed by atoms with E-state index in [1.807, 2.05) is 10.8 Å². The third kappa shape index (κ3) is 4.68. The largest absolute Gasteiger partial charge is 0.352 e. The van der Waals surface area contributed by atoms with Crippen LogP contribution in [-0.4, -0.2) is 30.4 Å². The number of primary sulfonamides is 1. The summed E-state index contributed by atoms with van der Waals surface area (Å²) in [7, 11) is -4.04. The highest BCUT2D eigenvalue weighted by molar-refractivity contribution is 7.89. The zero-order valence-corrected chi connectivity index (χ0v) is 14.2. The summed E-state index contributed by atoms with van der Waals surface area (Å²) in [6.45, 7) is 1.08. The van der Waals surface area contributed by atoms with Gasteiger partial charge in [-0.05, 0) is 18.6 Å². The van der Waals surface area contributed by atoms with Crippen molar-refractivity contribution >= 4 is 39.1 Å². The monoisotopic (exact) mass is 376 g/mol. The molecule has 1 aromatic carbocycles. The van der Waals surface area contributed by atoms with Gasteiger partial charge >= 0.3 is 0 Å². The molecule has 0 aliphatic carbocycles. The molecule has 0 fully saturated rings. The average Bonchev–Trinajstić information content (AvgIpc) is 2.95.